The second-order valence-corrected chi connectivity index (χ2v) is 6.47. The van der Waals surface area contributed by atoms with E-state index in [4.69, 9.17) is 5.73 Å². The van der Waals surface area contributed by atoms with Crippen molar-refractivity contribution < 1.29 is 0 Å². The van der Waals surface area contributed by atoms with Gasteiger partial charge in [-0.05, 0) is 54.5 Å². The number of nitrogens with zero attached hydrogens (tertiary/aromatic N) is 2. The molecule has 1 aromatic heterocycles. The summed E-state index contributed by atoms with van der Waals surface area (Å²) >= 11 is 3.58. The molecule has 0 spiro atoms. The highest BCUT2D eigenvalue weighted by Crippen LogP contribution is 2.39. The van der Waals surface area contributed by atoms with Crippen LogP contribution in [-0.2, 0) is 0 Å². The summed E-state index contributed by atoms with van der Waals surface area (Å²) in [6, 6.07) is 0.473. The van der Waals surface area contributed by atoms with Crippen molar-refractivity contribution in [1.29, 1.82) is 0 Å². The molecule has 2 N–H and O–H groups in total. The first-order valence-corrected chi connectivity index (χ1v) is 7.28. The maximum Gasteiger partial charge on any atom is 0.0699 e. The molecule has 0 aliphatic heterocycles. The summed E-state index contributed by atoms with van der Waals surface area (Å²) in [6.07, 6.45) is 5.67. The van der Waals surface area contributed by atoms with E-state index < -0.39 is 0 Å². The maximum absolute atomic E-state index is 6.46. The molecule has 4 heteroatoms. The van der Waals surface area contributed by atoms with Crippen molar-refractivity contribution in [3.63, 3.8) is 0 Å². The zero-order valence-electron chi connectivity index (χ0n) is 10.9. The summed E-state index contributed by atoms with van der Waals surface area (Å²) in [4.78, 5) is 0. The zero-order valence-corrected chi connectivity index (χ0v) is 12.4. The first-order valence-electron chi connectivity index (χ1n) is 6.49. The minimum absolute atomic E-state index is 0.110. The van der Waals surface area contributed by atoms with E-state index in [9.17, 15) is 0 Å². The minimum atomic E-state index is 0.110. The largest absolute Gasteiger partial charge is 0.322 e. The van der Waals surface area contributed by atoms with Crippen molar-refractivity contribution in [2.45, 2.75) is 52.1 Å². The van der Waals surface area contributed by atoms with Crippen LogP contribution in [0.15, 0.2) is 10.7 Å². The van der Waals surface area contributed by atoms with Gasteiger partial charge in [-0.3, -0.25) is 4.68 Å². The summed E-state index contributed by atoms with van der Waals surface area (Å²) in [5.41, 5.74) is 7.62. The third-order valence-electron chi connectivity index (χ3n) is 3.84. The fourth-order valence-corrected chi connectivity index (χ4v) is 3.41. The first kappa shape index (κ1) is 13.1. The van der Waals surface area contributed by atoms with Gasteiger partial charge in [-0.15, -0.1) is 0 Å². The van der Waals surface area contributed by atoms with Gasteiger partial charge in [0.1, 0.15) is 0 Å². The van der Waals surface area contributed by atoms with Crippen LogP contribution in [0, 0.1) is 11.8 Å². The van der Waals surface area contributed by atoms with E-state index in [-0.39, 0.29) is 6.04 Å². The SMILES string of the molecule is CC1CCC(C(N)c2c(Br)cnn2C(C)C)C1. The van der Waals surface area contributed by atoms with Gasteiger partial charge >= 0.3 is 0 Å². The molecule has 0 aromatic carbocycles. The monoisotopic (exact) mass is 299 g/mol. The van der Waals surface area contributed by atoms with E-state index in [0.717, 1.165) is 10.4 Å². The van der Waals surface area contributed by atoms with Crippen LogP contribution in [0.1, 0.15) is 57.8 Å². The average molecular weight is 300 g/mol. The van der Waals surface area contributed by atoms with Crippen LogP contribution >= 0.6 is 15.9 Å². The molecule has 1 aromatic rings. The Balaban J connectivity index is 2.24. The zero-order chi connectivity index (χ0) is 12.6. The van der Waals surface area contributed by atoms with Crippen LogP contribution in [0.25, 0.3) is 0 Å². The smallest absolute Gasteiger partial charge is 0.0699 e. The second kappa shape index (κ2) is 5.11. The van der Waals surface area contributed by atoms with E-state index >= 15 is 0 Å². The van der Waals surface area contributed by atoms with Gasteiger partial charge in [-0.25, -0.2) is 0 Å². The van der Waals surface area contributed by atoms with Gasteiger partial charge in [0, 0.05) is 6.04 Å². The van der Waals surface area contributed by atoms with Crippen molar-refractivity contribution in [1.82, 2.24) is 9.78 Å². The van der Waals surface area contributed by atoms with Crippen molar-refractivity contribution in [3.05, 3.63) is 16.4 Å². The third kappa shape index (κ3) is 2.58. The molecule has 96 valence electrons. The van der Waals surface area contributed by atoms with Crippen LogP contribution in [0.2, 0.25) is 0 Å². The molecule has 2 rings (SSSR count). The van der Waals surface area contributed by atoms with Crippen molar-refractivity contribution in [2.24, 2.45) is 17.6 Å². The number of aromatic nitrogens is 2. The summed E-state index contributed by atoms with van der Waals surface area (Å²) in [6.45, 7) is 6.61. The quantitative estimate of drug-likeness (QED) is 0.925. The van der Waals surface area contributed by atoms with E-state index in [2.05, 4.69) is 46.5 Å². The molecule has 1 saturated carbocycles. The van der Waals surface area contributed by atoms with Crippen LogP contribution < -0.4 is 5.73 Å². The normalized spacial score (nSPS) is 26.7. The molecular formula is C13H22BrN3. The summed E-state index contributed by atoms with van der Waals surface area (Å²) in [5, 5.41) is 4.42. The van der Waals surface area contributed by atoms with Crippen LogP contribution in [0.3, 0.4) is 0 Å². The minimum Gasteiger partial charge on any atom is -0.322 e. The fourth-order valence-electron chi connectivity index (χ4n) is 2.87. The van der Waals surface area contributed by atoms with Gasteiger partial charge in [-0.2, -0.15) is 5.10 Å². The maximum atomic E-state index is 6.46. The molecule has 0 saturated heterocycles. The van der Waals surface area contributed by atoms with Crippen molar-refractivity contribution in [3.8, 4) is 0 Å². The first-order chi connectivity index (χ1) is 8.00. The molecule has 0 bridgehead atoms. The van der Waals surface area contributed by atoms with Crippen molar-refractivity contribution in [2.75, 3.05) is 0 Å². The van der Waals surface area contributed by atoms with Crippen molar-refractivity contribution >= 4 is 15.9 Å². The highest BCUT2D eigenvalue weighted by atomic mass is 79.9. The van der Waals surface area contributed by atoms with Gasteiger partial charge in [0.2, 0.25) is 0 Å². The molecule has 3 unspecified atom stereocenters. The standard InChI is InChI=1S/C13H22BrN3/c1-8(2)17-13(11(14)7-16-17)12(15)10-5-4-9(3)6-10/h7-10,12H,4-6,15H2,1-3H3. The lowest BCUT2D eigenvalue weighted by Crippen LogP contribution is -2.24. The Hall–Kier alpha value is -0.350. The molecule has 17 heavy (non-hydrogen) atoms. The Morgan fingerprint density at radius 1 is 1.47 bits per heavy atom. The number of nitrogens with two attached hydrogens (primary N) is 1. The lowest BCUT2D eigenvalue weighted by atomic mass is 9.95. The number of halogens is 1. The average Bonchev–Trinajstić information content (AvgIpc) is 2.83. The van der Waals surface area contributed by atoms with Gasteiger partial charge in [0.15, 0.2) is 0 Å². The van der Waals surface area contributed by atoms with Gasteiger partial charge in [0.05, 0.1) is 22.4 Å². The van der Waals surface area contributed by atoms with Gasteiger partial charge < -0.3 is 5.73 Å². The molecule has 3 nitrogen and oxygen atoms in total. The highest BCUT2D eigenvalue weighted by molar-refractivity contribution is 9.10. The Kier molecular flexibility index (Phi) is 3.93. The lowest BCUT2D eigenvalue weighted by molar-refractivity contribution is 0.387. The Morgan fingerprint density at radius 2 is 2.18 bits per heavy atom. The van der Waals surface area contributed by atoms with E-state index in [0.29, 0.717) is 12.0 Å². The summed E-state index contributed by atoms with van der Waals surface area (Å²) < 4.78 is 3.11. The molecule has 1 heterocycles. The second-order valence-electron chi connectivity index (χ2n) is 5.62. The molecule has 3 atom stereocenters. The van der Waals surface area contributed by atoms with Gasteiger partial charge in [0.25, 0.3) is 0 Å². The van der Waals surface area contributed by atoms with Crippen LogP contribution in [-0.4, -0.2) is 9.78 Å². The number of hydrogen-bond acceptors (Lipinski definition) is 2. The summed E-state index contributed by atoms with van der Waals surface area (Å²) in [5.74, 6) is 1.43. The molecule has 1 aliphatic carbocycles. The summed E-state index contributed by atoms with van der Waals surface area (Å²) in [7, 11) is 0. The number of rotatable bonds is 3. The molecular weight excluding hydrogens is 278 g/mol. The molecule has 0 radical (unpaired) electrons. The number of hydrogen-bond donors (Lipinski definition) is 1. The highest BCUT2D eigenvalue weighted by Gasteiger charge is 2.31. The Bertz CT molecular complexity index is 386. The Morgan fingerprint density at radius 3 is 2.71 bits per heavy atom. The van der Waals surface area contributed by atoms with Crippen LogP contribution in [0.5, 0.6) is 0 Å². The lowest BCUT2D eigenvalue weighted by Gasteiger charge is -2.22. The predicted octanol–water partition coefficient (Wildman–Crippen LogP) is 3.66. The molecule has 1 aliphatic rings. The Labute approximate surface area is 112 Å². The topological polar surface area (TPSA) is 43.8 Å². The predicted molar refractivity (Wildman–Crippen MR) is 73.7 cm³/mol. The molecule has 1 fully saturated rings. The van der Waals surface area contributed by atoms with E-state index in [1.54, 1.807) is 0 Å². The van der Waals surface area contributed by atoms with Gasteiger partial charge in [-0.1, -0.05) is 13.3 Å². The van der Waals surface area contributed by atoms with E-state index in [1.165, 1.54) is 25.0 Å². The van der Waals surface area contributed by atoms with Crippen LogP contribution in [0.4, 0.5) is 0 Å². The fraction of sp³-hybridized carbons (Fsp3) is 0.769. The van der Waals surface area contributed by atoms with E-state index in [1.807, 2.05) is 6.20 Å². The molecule has 0 amide bonds. The third-order valence-corrected chi connectivity index (χ3v) is 4.45.